The average Bonchev–Trinajstić information content (AvgIpc) is 2.81. The van der Waals surface area contributed by atoms with Crippen molar-refractivity contribution in [3.8, 4) is 0 Å². The van der Waals surface area contributed by atoms with Crippen molar-refractivity contribution >= 4 is 33.9 Å². The van der Waals surface area contributed by atoms with E-state index in [0.717, 1.165) is 67.5 Å². The van der Waals surface area contributed by atoms with Gasteiger partial charge in [-0.3, -0.25) is 9.88 Å². The Labute approximate surface area is 183 Å². The molecule has 3 aromatic rings. The number of nitrogens with one attached hydrogen (secondary N) is 1. The number of nitrogens with zero attached hydrogens (tertiary/aromatic N) is 3. The second-order valence-corrected chi connectivity index (χ2v) is 7.88. The molecule has 4 rings (SSSR count). The molecule has 0 spiro atoms. The number of morpholine rings is 1. The van der Waals surface area contributed by atoms with Gasteiger partial charge in [0.15, 0.2) is 5.11 Å². The second-order valence-electron chi connectivity index (χ2n) is 7.50. The summed E-state index contributed by atoms with van der Waals surface area (Å²) in [6, 6.07) is 20.7. The Hall–Kier alpha value is -2.54. The van der Waals surface area contributed by atoms with Gasteiger partial charge in [0, 0.05) is 25.0 Å². The average molecular weight is 421 g/mol. The van der Waals surface area contributed by atoms with Crippen LogP contribution in [0.3, 0.4) is 0 Å². The standard InChI is InChI=1S/C24H28N4OS/c30-24(25-11-6-12-27-13-15-29-16-14-27)28(19-20-7-2-1-3-8-20)22-17-21-9-4-5-10-23(21)26-18-22/h1-5,7-10,17-18H,6,11-16,19H2,(H,25,30). The number of benzene rings is 2. The zero-order valence-corrected chi connectivity index (χ0v) is 18.0. The number of para-hydroxylation sites is 1. The predicted molar refractivity (Wildman–Crippen MR) is 127 cm³/mol. The Morgan fingerprint density at radius 1 is 1.07 bits per heavy atom. The van der Waals surface area contributed by atoms with E-state index < -0.39 is 0 Å². The highest BCUT2D eigenvalue weighted by molar-refractivity contribution is 7.80. The van der Waals surface area contributed by atoms with Crippen molar-refractivity contribution in [3.63, 3.8) is 0 Å². The van der Waals surface area contributed by atoms with Crippen LogP contribution in [0.1, 0.15) is 12.0 Å². The molecule has 30 heavy (non-hydrogen) atoms. The fourth-order valence-electron chi connectivity index (χ4n) is 3.67. The summed E-state index contributed by atoms with van der Waals surface area (Å²) in [6.45, 7) is 6.34. The first kappa shape index (κ1) is 20.7. The lowest BCUT2D eigenvalue weighted by Gasteiger charge is -2.28. The Morgan fingerprint density at radius 3 is 2.67 bits per heavy atom. The van der Waals surface area contributed by atoms with Crippen molar-refractivity contribution in [3.05, 3.63) is 72.4 Å². The molecule has 0 bridgehead atoms. The van der Waals surface area contributed by atoms with E-state index >= 15 is 0 Å². The van der Waals surface area contributed by atoms with Crippen molar-refractivity contribution < 1.29 is 4.74 Å². The maximum atomic E-state index is 5.80. The number of pyridine rings is 1. The summed E-state index contributed by atoms with van der Waals surface area (Å²) < 4.78 is 5.42. The van der Waals surface area contributed by atoms with Gasteiger partial charge >= 0.3 is 0 Å². The molecule has 1 aliphatic rings. The topological polar surface area (TPSA) is 40.6 Å². The largest absolute Gasteiger partial charge is 0.379 e. The molecule has 2 heterocycles. The van der Waals surface area contributed by atoms with Gasteiger partial charge in [0.05, 0.1) is 37.2 Å². The molecule has 0 saturated carbocycles. The molecule has 156 valence electrons. The molecule has 6 heteroatoms. The molecule has 1 fully saturated rings. The number of fused-ring (bicyclic) bond motifs is 1. The second kappa shape index (κ2) is 10.5. The highest BCUT2D eigenvalue weighted by atomic mass is 32.1. The lowest BCUT2D eigenvalue weighted by molar-refractivity contribution is 0.0376. The van der Waals surface area contributed by atoms with Crippen LogP contribution in [0.5, 0.6) is 0 Å². The molecule has 1 aromatic heterocycles. The lowest BCUT2D eigenvalue weighted by atomic mass is 10.2. The Balaban J connectivity index is 1.44. The van der Waals surface area contributed by atoms with Crippen molar-refractivity contribution in [1.29, 1.82) is 0 Å². The fraction of sp³-hybridized carbons (Fsp3) is 0.333. The fourth-order valence-corrected chi connectivity index (χ4v) is 3.94. The predicted octanol–water partition coefficient (Wildman–Crippen LogP) is 3.84. The summed E-state index contributed by atoms with van der Waals surface area (Å²) >= 11 is 5.80. The molecule has 1 aliphatic heterocycles. The van der Waals surface area contributed by atoms with E-state index in [4.69, 9.17) is 17.0 Å². The van der Waals surface area contributed by atoms with Crippen LogP contribution in [0.4, 0.5) is 5.69 Å². The van der Waals surface area contributed by atoms with Gasteiger partial charge < -0.3 is 15.0 Å². The monoisotopic (exact) mass is 420 g/mol. The Bertz CT molecular complexity index is 960. The molecule has 0 aliphatic carbocycles. The third-order valence-electron chi connectivity index (χ3n) is 5.35. The van der Waals surface area contributed by atoms with Crippen molar-refractivity contribution in [2.24, 2.45) is 0 Å². The third-order valence-corrected chi connectivity index (χ3v) is 5.71. The summed E-state index contributed by atoms with van der Waals surface area (Å²) in [5, 5.41) is 5.31. The van der Waals surface area contributed by atoms with Crippen LogP contribution < -0.4 is 10.2 Å². The van der Waals surface area contributed by atoms with E-state index in [0.29, 0.717) is 6.54 Å². The number of hydrogen-bond acceptors (Lipinski definition) is 4. The van der Waals surface area contributed by atoms with E-state index in [1.165, 1.54) is 5.56 Å². The highest BCUT2D eigenvalue weighted by Gasteiger charge is 2.15. The van der Waals surface area contributed by atoms with Gasteiger partial charge in [0.2, 0.25) is 0 Å². The van der Waals surface area contributed by atoms with Gasteiger partial charge in [0.1, 0.15) is 0 Å². The van der Waals surface area contributed by atoms with Crippen molar-refractivity contribution in [2.45, 2.75) is 13.0 Å². The van der Waals surface area contributed by atoms with Gasteiger partial charge in [-0.1, -0.05) is 48.5 Å². The number of ether oxygens (including phenoxy) is 1. The summed E-state index contributed by atoms with van der Waals surface area (Å²) in [5.74, 6) is 0. The molecule has 2 aromatic carbocycles. The summed E-state index contributed by atoms with van der Waals surface area (Å²) in [4.78, 5) is 9.22. The van der Waals surface area contributed by atoms with E-state index in [2.05, 4.69) is 56.5 Å². The maximum absolute atomic E-state index is 5.80. The minimum atomic E-state index is 0.705. The van der Waals surface area contributed by atoms with Gasteiger partial charge in [-0.2, -0.15) is 0 Å². The van der Waals surface area contributed by atoms with Gasteiger partial charge in [0.25, 0.3) is 0 Å². The Kier molecular flexibility index (Phi) is 7.24. The minimum Gasteiger partial charge on any atom is -0.379 e. The van der Waals surface area contributed by atoms with Crippen molar-refractivity contribution in [2.75, 3.05) is 44.3 Å². The first-order valence-corrected chi connectivity index (χ1v) is 10.9. The SMILES string of the molecule is S=C(NCCCN1CCOCC1)N(Cc1ccccc1)c1cnc2ccccc2c1. The summed E-state index contributed by atoms with van der Waals surface area (Å²) in [6.07, 6.45) is 2.96. The molecule has 1 saturated heterocycles. The Morgan fingerprint density at radius 2 is 1.83 bits per heavy atom. The number of rotatable bonds is 7. The normalized spacial score (nSPS) is 14.5. The third kappa shape index (κ3) is 5.53. The zero-order chi connectivity index (χ0) is 20.6. The first-order chi connectivity index (χ1) is 14.8. The molecule has 0 unspecified atom stereocenters. The molecule has 1 N–H and O–H groups in total. The maximum Gasteiger partial charge on any atom is 0.173 e. The van der Waals surface area contributed by atoms with Crippen LogP contribution >= 0.6 is 12.2 Å². The van der Waals surface area contributed by atoms with Gasteiger partial charge in [-0.25, -0.2) is 0 Å². The highest BCUT2D eigenvalue weighted by Crippen LogP contribution is 2.22. The number of hydrogen-bond donors (Lipinski definition) is 1. The number of anilines is 1. The van der Waals surface area contributed by atoms with E-state index in [9.17, 15) is 0 Å². The van der Waals surface area contributed by atoms with Crippen LogP contribution in [0.25, 0.3) is 10.9 Å². The van der Waals surface area contributed by atoms with Crippen LogP contribution in [0.2, 0.25) is 0 Å². The molecule has 0 atom stereocenters. The molecular formula is C24H28N4OS. The number of aromatic nitrogens is 1. The minimum absolute atomic E-state index is 0.705. The smallest absolute Gasteiger partial charge is 0.173 e. The van der Waals surface area contributed by atoms with Crippen LogP contribution in [-0.2, 0) is 11.3 Å². The first-order valence-electron chi connectivity index (χ1n) is 10.5. The molecule has 0 radical (unpaired) electrons. The number of thiocarbonyl (C=S) groups is 1. The van der Waals surface area contributed by atoms with E-state index in [1.807, 2.05) is 30.5 Å². The molecular weight excluding hydrogens is 392 g/mol. The van der Waals surface area contributed by atoms with E-state index in [1.54, 1.807) is 0 Å². The molecule has 0 amide bonds. The van der Waals surface area contributed by atoms with Crippen LogP contribution in [-0.4, -0.2) is 54.4 Å². The summed E-state index contributed by atoms with van der Waals surface area (Å²) in [7, 11) is 0. The van der Waals surface area contributed by atoms with Gasteiger partial charge in [-0.15, -0.1) is 0 Å². The summed E-state index contributed by atoms with van der Waals surface area (Å²) in [5.41, 5.74) is 3.21. The lowest BCUT2D eigenvalue weighted by Crippen LogP contribution is -2.41. The van der Waals surface area contributed by atoms with E-state index in [-0.39, 0.29) is 0 Å². The molecule has 5 nitrogen and oxygen atoms in total. The van der Waals surface area contributed by atoms with Crippen molar-refractivity contribution in [1.82, 2.24) is 15.2 Å². The van der Waals surface area contributed by atoms with Crippen LogP contribution in [0.15, 0.2) is 66.9 Å². The zero-order valence-electron chi connectivity index (χ0n) is 17.2. The van der Waals surface area contributed by atoms with Gasteiger partial charge in [-0.05, 0) is 42.9 Å². The van der Waals surface area contributed by atoms with Crippen LogP contribution in [0, 0.1) is 0 Å². The quantitative estimate of drug-likeness (QED) is 0.463.